The number of thioether (sulfide) groups is 2. The lowest BCUT2D eigenvalue weighted by atomic mass is 10.2. The number of aryl methyl sites for hydroxylation is 1. The van der Waals surface area contributed by atoms with Crippen molar-refractivity contribution in [3.8, 4) is 11.4 Å². The van der Waals surface area contributed by atoms with Gasteiger partial charge in [0.05, 0.1) is 23.4 Å². The van der Waals surface area contributed by atoms with Gasteiger partial charge < -0.3 is 4.74 Å². The Hall–Kier alpha value is -1.89. The SMILES string of the molecule is COc1cccc(-n2c(SCc3cccc(Cl)c3)nc3c(c2=O)SCC3)c1. The second kappa shape index (κ2) is 8.00. The molecule has 1 aromatic heterocycles. The fourth-order valence-corrected chi connectivity index (χ4v) is 5.15. The third-order valence-corrected chi connectivity index (χ3v) is 6.59. The molecule has 0 amide bonds. The molecule has 0 radical (unpaired) electrons. The lowest BCUT2D eigenvalue weighted by Gasteiger charge is -2.14. The molecule has 1 aliphatic heterocycles. The molecule has 0 saturated heterocycles. The summed E-state index contributed by atoms with van der Waals surface area (Å²) in [5.74, 6) is 2.29. The molecule has 2 aromatic carbocycles. The summed E-state index contributed by atoms with van der Waals surface area (Å²) in [5.41, 5.74) is 2.74. The summed E-state index contributed by atoms with van der Waals surface area (Å²) in [6.07, 6.45) is 0.832. The summed E-state index contributed by atoms with van der Waals surface area (Å²) in [6.45, 7) is 0. The largest absolute Gasteiger partial charge is 0.497 e. The van der Waals surface area contributed by atoms with Gasteiger partial charge in [-0.05, 0) is 29.8 Å². The van der Waals surface area contributed by atoms with E-state index in [9.17, 15) is 4.79 Å². The monoisotopic (exact) mass is 416 g/mol. The van der Waals surface area contributed by atoms with Crippen LogP contribution in [0.5, 0.6) is 5.75 Å². The van der Waals surface area contributed by atoms with Crippen molar-refractivity contribution >= 4 is 35.1 Å². The Morgan fingerprint density at radius 3 is 2.93 bits per heavy atom. The number of benzene rings is 2. The molecule has 0 N–H and O–H groups in total. The van der Waals surface area contributed by atoms with Gasteiger partial charge in [-0.3, -0.25) is 9.36 Å². The molecule has 3 aromatic rings. The van der Waals surface area contributed by atoms with E-state index in [2.05, 4.69) is 0 Å². The Bertz CT molecular complexity index is 1050. The van der Waals surface area contributed by atoms with Crippen LogP contribution < -0.4 is 10.3 Å². The highest BCUT2D eigenvalue weighted by molar-refractivity contribution is 7.99. The minimum absolute atomic E-state index is 0.00986. The third kappa shape index (κ3) is 3.88. The molecule has 0 fully saturated rings. The summed E-state index contributed by atoms with van der Waals surface area (Å²) in [7, 11) is 1.62. The molecule has 0 spiro atoms. The van der Waals surface area contributed by atoms with Gasteiger partial charge in [0.25, 0.3) is 5.56 Å². The molecule has 4 nitrogen and oxygen atoms in total. The topological polar surface area (TPSA) is 44.1 Å². The Morgan fingerprint density at radius 2 is 2.11 bits per heavy atom. The number of rotatable bonds is 5. The molecule has 0 aliphatic carbocycles. The van der Waals surface area contributed by atoms with Crippen LogP contribution >= 0.6 is 35.1 Å². The Kier molecular flexibility index (Phi) is 5.48. The number of halogens is 1. The quantitative estimate of drug-likeness (QED) is 0.440. The van der Waals surface area contributed by atoms with Gasteiger partial charge in [-0.2, -0.15) is 0 Å². The van der Waals surface area contributed by atoms with Crippen LogP contribution in [0.25, 0.3) is 5.69 Å². The highest BCUT2D eigenvalue weighted by Crippen LogP contribution is 2.31. The average Bonchev–Trinajstić information content (AvgIpc) is 3.15. The Labute approximate surface area is 170 Å². The zero-order valence-electron chi connectivity index (χ0n) is 14.6. The molecule has 1 aliphatic rings. The van der Waals surface area contributed by atoms with Gasteiger partial charge in [0.1, 0.15) is 5.75 Å². The number of methoxy groups -OCH3 is 1. The van der Waals surface area contributed by atoms with Crippen molar-refractivity contribution in [2.45, 2.75) is 22.2 Å². The molecule has 2 heterocycles. The standard InChI is InChI=1S/C20H17ClN2O2S2/c1-25-16-7-3-6-15(11-16)23-19(24)18-17(8-9-26-18)22-20(23)27-12-13-4-2-5-14(21)10-13/h2-7,10-11H,8-9,12H2,1H3. The summed E-state index contributed by atoms with van der Waals surface area (Å²) < 4.78 is 7.02. The van der Waals surface area contributed by atoms with Gasteiger partial charge in [0, 0.05) is 29.0 Å². The number of ether oxygens (including phenoxy) is 1. The minimum atomic E-state index is -0.00986. The molecule has 138 valence electrons. The van der Waals surface area contributed by atoms with Gasteiger partial charge >= 0.3 is 0 Å². The summed E-state index contributed by atoms with van der Waals surface area (Å²) in [6, 6.07) is 15.3. The van der Waals surface area contributed by atoms with Crippen LogP contribution in [0.3, 0.4) is 0 Å². The van der Waals surface area contributed by atoms with E-state index < -0.39 is 0 Å². The maximum atomic E-state index is 13.2. The molecule has 4 rings (SSSR count). The predicted octanol–water partition coefficient (Wildman–Crippen LogP) is 4.84. The fraction of sp³-hybridized carbons (Fsp3) is 0.200. The van der Waals surface area contributed by atoms with E-state index in [-0.39, 0.29) is 5.56 Å². The van der Waals surface area contributed by atoms with Crippen molar-refractivity contribution in [1.82, 2.24) is 9.55 Å². The van der Waals surface area contributed by atoms with Gasteiger partial charge in [-0.1, -0.05) is 41.6 Å². The molecule has 0 saturated carbocycles. The predicted molar refractivity (Wildman–Crippen MR) is 112 cm³/mol. The van der Waals surface area contributed by atoms with Crippen molar-refractivity contribution in [2.24, 2.45) is 0 Å². The lowest BCUT2D eigenvalue weighted by Crippen LogP contribution is -2.23. The van der Waals surface area contributed by atoms with Crippen molar-refractivity contribution in [3.05, 3.63) is 75.2 Å². The number of fused-ring (bicyclic) bond motifs is 1. The Morgan fingerprint density at radius 1 is 1.26 bits per heavy atom. The number of hydrogen-bond acceptors (Lipinski definition) is 5. The molecular formula is C20H17ClN2O2S2. The normalized spacial score (nSPS) is 12.8. The molecular weight excluding hydrogens is 400 g/mol. The average molecular weight is 417 g/mol. The van der Waals surface area contributed by atoms with E-state index in [0.29, 0.717) is 21.7 Å². The zero-order valence-corrected chi connectivity index (χ0v) is 17.0. The van der Waals surface area contributed by atoms with Gasteiger partial charge in [-0.25, -0.2) is 4.98 Å². The van der Waals surface area contributed by atoms with Crippen LogP contribution in [0.1, 0.15) is 11.3 Å². The highest BCUT2D eigenvalue weighted by atomic mass is 35.5. The van der Waals surface area contributed by atoms with E-state index in [1.165, 1.54) is 0 Å². The zero-order chi connectivity index (χ0) is 18.8. The van der Waals surface area contributed by atoms with Crippen LogP contribution in [0, 0.1) is 0 Å². The van der Waals surface area contributed by atoms with Crippen LogP contribution in [-0.2, 0) is 12.2 Å². The number of nitrogens with zero attached hydrogens (tertiary/aromatic N) is 2. The van der Waals surface area contributed by atoms with Gasteiger partial charge in [0.15, 0.2) is 5.16 Å². The van der Waals surface area contributed by atoms with Crippen LogP contribution in [0.2, 0.25) is 5.02 Å². The molecule has 0 atom stereocenters. The highest BCUT2D eigenvalue weighted by Gasteiger charge is 2.22. The molecule has 0 bridgehead atoms. The van der Waals surface area contributed by atoms with Crippen molar-refractivity contribution < 1.29 is 4.74 Å². The van der Waals surface area contributed by atoms with E-state index >= 15 is 0 Å². The molecule has 7 heteroatoms. The fourth-order valence-electron chi connectivity index (χ4n) is 2.94. The number of aromatic nitrogens is 2. The first-order valence-electron chi connectivity index (χ1n) is 8.46. The maximum Gasteiger partial charge on any atom is 0.272 e. The third-order valence-electron chi connectivity index (χ3n) is 4.24. The second-order valence-corrected chi connectivity index (χ2v) is 8.51. The molecule has 0 unspecified atom stereocenters. The van der Waals surface area contributed by atoms with Crippen LogP contribution in [0.15, 0.2) is 63.4 Å². The van der Waals surface area contributed by atoms with Gasteiger partial charge in [-0.15, -0.1) is 11.8 Å². The maximum absolute atomic E-state index is 13.2. The van der Waals surface area contributed by atoms with E-state index in [1.807, 2.05) is 48.5 Å². The first-order chi connectivity index (χ1) is 13.2. The first-order valence-corrected chi connectivity index (χ1v) is 10.8. The van der Waals surface area contributed by atoms with E-state index in [0.717, 1.165) is 34.0 Å². The van der Waals surface area contributed by atoms with Crippen LogP contribution in [0.4, 0.5) is 0 Å². The van der Waals surface area contributed by atoms with Crippen LogP contribution in [-0.4, -0.2) is 22.4 Å². The summed E-state index contributed by atoms with van der Waals surface area (Å²) in [4.78, 5) is 18.7. The van der Waals surface area contributed by atoms with Crippen molar-refractivity contribution in [2.75, 3.05) is 12.9 Å². The smallest absolute Gasteiger partial charge is 0.272 e. The van der Waals surface area contributed by atoms with Crippen molar-refractivity contribution in [1.29, 1.82) is 0 Å². The van der Waals surface area contributed by atoms with Crippen molar-refractivity contribution in [3.63, 3.8) is 0 Å². The first kappa shape index (κ1) is 18.5. The summed E-state index contributed by atoms with van der Waals surface area (Å²) in [5, 5.41) is 1.39. The van der Waals surface area contributed by atoms with E-state index in [1.54, 1.807) is 35.2 Å². The molecule has 27 heavy (non-hydrogen) atoms. The minimum Gasteiger partial charge on any atom is -0.497 e. The van der Waals surface area contributed by atoms with E-state index in [4.69, 9.17) is 21.3 Å². The lowest BCUT2D eigenvalue weighted by molar-refractivity contribution is 0.414. The Balaban J connectivity index is 1.77. The number of hydrogen-bond donors (Lipinski definition) is 0. The van der Waals surface area contributed by atoms with Gasteiger partial charge in [0.2, 0.25) is 0 Å². The second-order valence-electron chi connectivity index (χ2n) is 6.03. The summed E-state index contributed by atoms with van der Waals surface area (Å²) >= 11 is 9.22.